The third-order valence-corrected chi connectivity index (χ3v) is 1.52. The van der Waals surface area contributed by atoms with Crippen molar-refractivity contribution >= 4 is 5.82 Å². The summed E-state index contributed by atoms with van der Waals surface area (Å²) in [4.78, 5) is 4.13. The second kappa shape index (κ2) is 4.54. The topological polar surface area (TPSA) is 24.9 Å². The van der Waals surface area contributed by atoms with Gasteiger partial charge in [-0.05, 0) is 25.5 Å². The van der Waals surface area contributed by atoms with E-state index in [1.165, 1.54) is 5.57 Å². The number of hydrogen-bond donors (Lipinski definition) is 1. The highest BCUT2D eigenvalue weighted by atomic mass is 15.0. The first-order valence-corrected chi connectivity index (χ1v) is 4.08. The highest BCUT2D eigenvalue weighted by molar-refractivity contribution is 5.33. The smallest absolute Gasteiger partial charge is 0.125 e. The van der Waals surface area contributed by atoms with Crippen molar-refractivity contribution in [3.8, 4) is 0 Å². The van der Waals surface area contributed by atoms with Gasteiger partial charge in [0, 0.05) is 12.7 Å². The van der Waals surface area contributed by atoms with Crippen molar-refractivity contribution in [2.24, 2.45) is 0 Å². The lowest BCUT2D eigenvalue weighted by atomic mass is 10.2. The predicted octanol–water partition coefficient (Wildman–Crippen LogP) is 2.46. The second-order valence-electron chi connectivity index (χ2n) is 2.85. The molecule has 0 aliphatic carbocycles. The second-order valence-corrected chi connectivity index (χ2v) is 2.85. The molecule has 1 N–H and O–H groups in total. The maximum absolute atomic E-state index is 4.13. The van der Waals surface area contributed by atoms with E-state index in [9.17, 15) is 0 Å². The van der Waals surface area contributed by atoms with Crippen LogP contribution in [0.1, 0.15) is 13.3 Å². The molecule has 1 aromatic rings. The Morgan fingerprint density at radius 1 is 1.58 bits per heavy atom. The van der Waals surface area contributed by atoms with E-state index in [0.29, 0.717) is 0 Å². The van der Waals surface area contributed by atoms with Gasteiger partial charge in [0.1, 0.15) is 5.82 Å². The molecule has 2 nitrogen and oxygen atoms in total. The third-order valence-electron chi connectivity index (χ3n) is 1.52. The molecule has 1 heterocycles. The molecule has 0 atom stereocenters. The molecule has 0 bridgehead atoms. The van der Waals surface area contributed by atoms with Crippen LogP contribution in [0.2, 0.25) is 0 Å². The van der Waals surface area contributed by atoms with Crippen LogP contribution in [0.25, 0.3) is 0 Å². The monoisotopic (exact) mass is 162 g/mol. The molecule has 0 aromatic carbocycles. The van der Waals surface area contributed by atoms with Crippen molar-refractivity contribution < 1.29 is 0 Å². The summed E-state index contributed by atoms with van der Waals surface area (Å²) < 4.78 is 0. The minimum absolute atomic E-state index is 0.909. The first-order valence-electron chi connectivity index (χ1n) is 4.08. The van der Waals surface area contributed by atoms with Gasteiger partial charge >= 0.3 is 0 Å². The minimum atomic E-state index is 0.909. The minimum Gasteiger partial charge on any atom is -0.370 e. The Balaban J connectivity index is 2.29. The van der Waals surface area contributed by atoms with Crippen LogP contribution >= 0.6 is 0 Å². The van der Waals surface area contributed by atoms with Crippen molar-refractivity contribution in [3.63, 3.8) is 0 Å². The molecule has 1 aromatic heterocycles. The fourth-order valence-corrected chi connectivity index (χ4v) is 0.871. The fraction of sp³-hybridized carbons (Fsp3) is 0.300. The van der Waals surface area contributed by atoms with E-state index in [4.69, 9.17) is 0 Å². The Bertz CT molecular complexity index is 241. The molecule has 0 unspecified atom stereocenters. The molecule has 0 saturated heterocycles. The van der Waals surface area contributed by atoms with Gasteiger partial charge in [-0.2, -0.15) is 0 Å². The zero-order chi connectivity index (χ0) is 8.81. The van der Waals surface area contributed by atoms with E-state index in [0.717, 1.165) is 18.8 Å². The highest BCUT2D eigenvalue weighted by Gasteiger charge is 1.89. The van der Waals surface area contributed by atoms with Gasteiger partial charge in [-0.3, -0.25) is 0 Å². The van der Waals surface area contributed by atoms with Crippen LogP contribution in [-0.4, -0.2) is 11.5 Å². The Morgan fingerprint density at radius 2 is 2.42 bits per heavy atom. The van der Waals surface area contributed by atoms with Crippen LogP contribution in [-0.2, 0) is 0 Å². The summed E-state index contributed by atoms with van der Waals surface area (Å²) in [5.74, 6) is 0.929. The van der Waals surface area contributed by atoms with Gasteiger partial charge in [-0.1, -0.05) is 11.6 Å². The van der Waals surface area contributed by atoms with Crippen molar-refractivity contribution in [1.82, 2.24) is 4.98 Å². The normalized spacial score (nSPS) is 9.42. The van der Waals surface area contributed by atoms with E-state index in [2.05, 4.69) is 16.9 Å². The Hall–Kier alpha value is -1.31. The third kappa shape index (κ3) is 3.19. The molecule has 0 radical (unpaired) electrons. The number of pyridine rings is 1. The summed E-state index contributed by atoms with van der Waals surface area (Å²) in [6.45, 7) is 6.76. The molecular formula is C10H14N2. The maximum atomic E-state index is 4.13. The number of hydrogen-bond acceptors (Lipinski definition) is 2. The van der Waals surface area contributed by atoms with Crippen molar-refractivity contribution in [2.75, 3.05) is 11.9 Å². The van der Waals surface area contributed by atoms with Crippen LogP contribution in [0.4, 0.5) is 5.82 Å². The van der Waals surface area contributed by atoms with Gasteiger partial charge in [-0.15, -0.1) is 6.58 Å². The molecular weight excluding hydrogens is 148 g/mol. The molecule has 0 aliphatic rings. The number of aromatic nitrogens is 1. The molecule has 1 rings (SSSR count). The SMILES string of the molecule is C=C(C)CCNc1ccccn1. The van der Waals surface area contributed by atoms with E-state index in [1.54, 1.807) is 6.20 Å². The maximum Gasteiger partial charge on any atom is 0.125 e. The van der Waals surface area contributed by atoms with Gasteiger partial charge < -0.3 is 5.32 Å². The molecule has 0 fully saturated rings. The fourth-order valence-electron chi connectivity index (χ4n) is 0.871. The first-order chi connectivity index (χ1) is 5.79. The molecule has 0 amide bonds. The molecule has 0 aliphatic heterocycles. The van der Waals surface area contributed by atoms with Crippen LogP contribution < -0.4 is 5.32 Å². The summed E-state index contributed by atoms with van der Waals surface area (Å²) in [6.07, 6.45) is 2.78. The average Bonchev–Trinajstić information content (AvgIpc) is 2.05. The quantitative estimate of drug-likeness (QED) is 0.688. The van der Waals surface area contributed by atoms with Crippen LogP contribution in [0.15, 0.2) is 36.5 Å². The van der Waals surface area contributed by atoms with Crippen molar-refractivity contribution in [3.05, 3.63) is 36.5 Å². The van der Waals surface area contributed by atoms with Crippen molar-refractivity contribution in [2.45, 2.75) is 13.3 Å². The molecule has 2 heteroatoms. The van der Waals surface area contributed by atoms with Gasteiger partial charge in [0.25, 0.3) is 0 Å². The van der Waals surface area contributed by atoms with Gasteiger partial charge in [0.2, 0.25) is 0 Å². The summed E-state index contributed by atoms with van der Waals surface area (Å²) >= 11 is 0. The summed E-state index contributed by atoms with van der Waals surface area (Å²) in [6, 6.07) is 5.83. The first kappa shape index (κ1) is 8.78. The summed E-state index contributed by atoms with van der Waals surface area (Å²) in [5.41, 5.74) is 1.19. The van der Waals surface area contributed by atoms with Gasteiger partial charge in [0.15, 0.2) is 0 Å². The standard InChI is InChI=1S/C10H14N2/c1-9(2)6-8-12-10-5-3-4-7-11-10/h3-5,7H,1,6,8H2,2H3,(H,11,12). The largest absolute Gasteiger partial charge is 0.370 e. The summed E-state index contributed by atoms with van der Waals surface area (Å²) in [5, 5.41) is 3.20. The number of nitrogens with one attached hydrogen (secondary N) is 1. The van der Waals surface area contributed by atoms with E-state index < -0.39 is 0 Å². The lowest BCUT2D eigenvalue weighted by molar-refractivity contribution is 0.991. The summed E-state index contributed by atoms with van der Waals surface area (Å²) in [7, 11) is 0. The zero-order valence-corrected chi connectivity index (χ0v) is 7.38. The zero-order valence-electron chi connectivity index (χ0n) is 7.38. The van der Waals surface area contributed by atoms with E-state index in [1.807, 2.05) is 25.1 Å². The molecule has 64 valence electrons. The number of rotatable bonds is 4. The van der Waals surface area contributed by atoms with Gasteiger partial charge in [0.05, 0.1) is 0 Å². The molecule has 0 saturated carbocycles. The van der Waals surface area contributed by atoms with E-state index >= 15 is 0 Å². The number of anilines is 1. The molecule has 0 spiro atoms. The lowest BCUT2D eigenvalue weighted by Crippen LogP contribution is -2.02. The van der Waals surface area contributed by atoms with Crippen LogP contribution in [0, 0.1) is 0 Å². The van der Waals surface area contributed by atoms with Crippen LogP contribution in [0.5, 0.6) is 0 Å². The number of nitrogens with zero attached hydrogens (tertiary/aromatic N) is 1. The van der Waals surface area contributed by atoms with Crippen LogP contribution in [0.3, 0.4) is 0 Å². The Kier molecular flexibility index (Phi) is 3.33. The lowest BCUT2D eigenvalue weighted by Gasteiger charge is -2.03. The highest BCUT2D eigenvalue weighted by Crippen LogP contribution is 2.01. The Labute approximate surface area is 73.3 Å². The van der Waals surface area contributed by atoms with Crippen molar-refractivity contribution in [1.29, 1.82) is 0 Å². The van der Waals surface area contributed by atoms with Gasteiger partial charge in [-0.25, -0.2) is 4.98 Å². The molecule has 12 heavy (non-hydrogen) atoms. The average molecular weight is 162 g/mol. The predicted molar refractivity (Wildman–Crippen MR) is 52.2 cm³/mol. The Morgan fingerprint density at radius 3 is 3.00 bits per heavy atom. The van der Waals surface area contributed by atoms with E-state index in [-0.39, 0.29) is 0 Å².